The first kappa shape index (κ1) is 28.2. The van der Waals surface area contributed by atoms with Gasteiger partial charge in [-0.3, -0.25) is 0 Å². The molecule has 10 rings (SSSR count). The molecule has 0 amide bonds. The highest BCUT2D eigenvalue weighted by atomic mass is 16.3. The van der Waals surface area contributed by atoms with Crippen molar-refractivity contribution >= 4 is 43.9 Å². The molecule has 3 heterocycles. The Kier molecular flexibility index (Phi) is 6.42. The molecule has 50 heavy (non-hydrogen) atoms. The minimum absolute atomic E-state index is 0.578. The van der Waals surface area contributed by atoms with Crippen LogP contribution in [0.3, 0.4) is 0 Å². The van der Waals surface area contributed by atoms with Gasteiger partial charge in [0, 0.05) is 49.4 Å². The van der Waals surface area contributed by atoms with Gasteiger partial charge in [0.25, 0.3) is 0 Å². The number of aromatic nitrogens is 3. The first-order valence-electron chi connectivity index (χ1n) is 16.6. The van der Waals surface area contributed by atoms with Gasteiger partial charge in [-0.1, -0.05) is 133 Å². The number of fused-ring (bicyclic) bond motifs is 6. The Labute approximate surface area is 287 Å². The Hall–Kier alpha value is -6.85. The molecule has 0 bridgehead atoms. The van der Waals surface area contributed by atoms with E-state index in [1.165, 1.54) is 0 Å². The van der Waals surface area contributed by atoms with Crippen LogP contribution in [0.25, 0.3) is 100 Å². The van der Waals surface area contributed by atoms with Crippen molar-refractivity contribution < 1.29 is 8.83 Å². The van der Waals surface area contributed by atoms with Crippen LogP contribution in [0, 0.1) is 0 Å². The molecule has 0 saturated carbocycles. The van der Waals surface area contributed by atoms with E-state index in [9.17, 15) is 0 Å². The van der Waals surface area contributed by atoms with Crippen LogP contribution in [0.4, 0.5) is 0 Å². The summed E-state index contributed by atoms with van der Waals surface area (Å²) < 4.78 is 13.2. The van der Waals surface area contributed by atoms with Crippen LogP contribution >= 0.6 is 0 Å². The van der Waals surface area contributed by atoms with Gasteiger partial charge in [0.15, 0.2) is 17.5 Å². The zero-order chi connectivity index (χ0) is 33.0. The van der Waals surface area contributed by atoms with Crippen molar-refractivity contribution in [2.45, 2.75) is 0 Å². The fourth-order valence-electron chi connectivity index (χ4n) is 6.99. The summed E-state index contributed by atoms with van der Waals surface area (Å²) in [6.45, 7) is 0. The third kappa shape index (κ3) is 4.60. The molecule has 7 aromatic carbocycles. The monoisotopic (exact) mass is 641 g/mol. The highest BCUT2D eigenvalue weighted by molar-refractivity contribution is 6.15. The lowest BCUT2D eigenvalue weighted by molar-refractivity contribution is 0.668. The second-order valence-electron chi connectivity index (χ2n) is 12.4. The molecule has 0 fully saturated rings. The van der Waals surface area contributed by atoms with Crippen molar-refractivity contribution in [3.05, 3.63) is 164 Å². The van der Waals surface area contributed by atoms with Crippen molar-refractivity contribution in [1.82, 2.24) is 15.0 Å². The van der Waals surface area contributed by atoms with Gasteiger partial charge >= 0.3 is 0 Å². The number of para-hydroxylation sites is 2. The summed E-state index contributed by atoms with van der Waals surface area (Å²) in [7, 11) is 0. The lowest BCUT2D eigenvalue weighted by Crippen LogP contribution is -2.01. The van der Waals surface area contributed by atoms with Crippen molar-refractivity contribution in [1.29, 1.82) is 0 Å². The molecule has 5 heteroatoms. The molecule has 0 N–H and O–H groups in total. The minimum atomic E-state index is 0.578. The standard InChI is InChI=1S/C45H27N3O2/c1-4-13-28(14-5-1)40-37(45-47-43(29-15-6-2-7-16-29)46-44(48-45)30-17-8-3-9-18-30)26-25-36-35-21-12-20-32(41(35)50-42(36)40)31-23-24-34-33-19-10-11-22-38(33)49-39(34)27-31/h1-27H. The van der Waals surface area contributed by atoms with E-state index >= 15 is 0 Å². The van der Waals surface area contributed by atoms with E-state index in [-0.39, 0.29) is 0 Å². The Balaban J connectivity index is 1.22. The summed E-state index contributed by atoms with van der Waals surface area (Å²) in [5.74, 6) is 1.80. The molecule has 0 aliphatic heterocycles. The molecular weight excluding hydrogens is 615 g/mol. The molecule has 0 saturated heterocycles. The minimum Gasteiger partial charge on any atom is -0.456 e. The molecule has 0 spiro atoms. The fourth-order valence-corrected chi connectivity index (χ4v) is 6.99. The van der Waals surface area contributed by atoms with Crippen LogP contribution in [0.2, 0.25) is 0 Å². The van der Waals surface area contributed by atoms with Gasteiger partial charge in [-0.05, 0) is 41.5 Å². The maximum Gasteiger partial charge on any atom is 0.164 e. The fraction of sp³-hybridized carbons (Fsp3) is 0. The van der Waals surface area contributed by atoms with Crippen molar-refractivity contribution in [3.63, 3.8) is 0 Å². The van der Waals surface area contributed by atoms with E-state index in [4.69, 9.17) is 23.8 Å². The number of benzene rings is 7. The van der Waals surface area contributed by atoms with Crippen LogP contribution in [-0.4, -0.2) is 15.0 Å². The van der Waals surface area contributed by atoms with Gasteiger partial charge in [-0.25, -0.2) is 15.0 Å². The predicted octanol–water partition coefficient (Wildman–Crippen LogP) is 12.0. The van der Waals surface area contributed by atoms with Crippen LogP contribution < -0.4 is 0 Å². The number of hydrogen-bond donors (Lipinski definition) is 0. The molecule has 0 atom stereocenters. The highest BCUT2D eigenvalue weighted by Crippen LogP contribution is 2.44. The van der Waals surface area contributed by atoms with Gasteiger partial charge in [0.2, 0.25) is 0 Å². The molecule has 3 aromatic heterocycles. The summed E-state index contributed by atoms with van der Waals surface area (Å²) in [4.78, 5) is 15.1. The van der Waals surface area contributed by atoms with Gasteiger partial charge in [0.1, 0.15) is 22.3 Å². The van der Waals surface area contributed by atoms with Crippen LogP contribution in [-0.2, 0) is 0 Å². The number of furan rings is 2. The average Bonchev–Trinajstić information content (AvgIpc) is 3.76. The van der Waals surface area contributed by atoms with Gasteiger partial charge in [-0.2, -0.15) is 0 Å². The quantitative estimate of drug-likeness (QED) is 0.187. The first-order valence-corrected chi connectivity index (χ1v) is 16.6. The molecule has 10 aromatic rings. The van der Waals surface area contributed by atoms with Gasteiger partial charge in [-0.15, -0.1) is 0 Å². The van der Waals surface area contributed by atoms with Crippen LogP contribution in [0.1, 0.15) is 0 Å². The van der Waals surface area contributed by atoms with E-state index in [1.807, 2.05) is 97.1 Å². The summed E-state index contributed by atoms with van der Waals surface area (Å²) in [6.07, 6.45) is 0. The van der Waals surface area contributed by atoms with Crippen LogP contribution in [0.5, 0.6) is 0 Å². The summed E-state index contributed by atoms with van der Waals surface area (Å²) >= 11 is 0. The van der Waals surface area contributed by atoms with Crippen molar-refractivity contribution in [2.75, 3.05) is 0 Å². The molecule has 0 radical (unpaired) electrons. The second kappa shape index (κ2) is 11.4. The second-order valence-corrected chi connectivity index (χ2v) is 12.4. The summed E-state index contributed by atoms with van der Waals surface area (Å²) in [5.41, 5.74) is 10.0. The molecule has 234 valence electrons. The van der Waals surface area contributed by atoms with E-state index < -0.39 is 0 Å². The van der Waals surface area contributed by atoms with E-state index in [0.717, 1.165) is 82.8 Å². The van der Waals surface area contributed by atoms with E-state index in [2.05, 4.69) is 66.7 Å². The van der Waals surface area contributed by atoms with E-state index in [0.29, 0.717) is 17.5 Å². The molecule has 0 aliphatic rings. The molecule has 0 unspecified atom stereocenters. The van der Waals surface area contributed by atoms with E-state index in [1.54, 1.807) is 0 Å². The third-order valence-corrected chi connectivity index (χ3v) is 9.36. The normalized spacial score (nSPS) is 11.6. The zero-order valence-electron chi connectivity index (χ0n) is 26.7. The highest BCUT2D eigenvalue weighted by Gasteiger charge is 2.22. The van der Waals surface area contributed by atoms with Gasteiger partial charge in [0.05, 0.1) is 0 Å². The van der Waals surface area contributed by atoms with Crippen molar-refractivity contribution in [2.24, 2.45) is 0 Å². The predicted molar refractivity (Wildman–Crippen MR) is 202 cm³/mol. The Morgan fingerprint density at radius 2 is 0.880 bits per heavy atom. The van der Waals surface area contributed by atoms with Gasteiger partial charge < -0.3 is 8.83 Å². The smallest absolute Gasteiger partial charge is 0.164 e. The summed E-state index contributed by atoms with van der Waals surface area (Å²) in [6, 6.07) is 55.6. The van der Waals surface area contributed by atoms with Crippen LogP contribution in [0.15, 0.2) is 173 Å². The lowest BCUT2D eigenvalue weighted by Gasteiger charge is -2.12. The number of rotatable bonds is 5. The topological polar surface area (TPSA) is 65.0 Å². The molecule has 5 nitrogen and oxygen atoms in total. The molecule has 0 aliphatic carbocycles. The molecular formula is C45H27N3O2. The number of hydrogen-bond acceptors (Lipinski definition) is 5. The average molecular weight is 642 g/mol. The lowest BCUT2D eigenvalue weighted by atomic mass is 9.95. The maximum atomic E-state index is 6.98. The number of nitrogens with zero attached hydrogens (tertiary/aromatic N) is 3. The third-order valence-electron chi connectivity index (χ3n) is 9.36. The largest absolute Gasteiger partial charge is 0.456 e. The first-order chi connectivity index (χ1) is 24.8. The Morgan fingerprint density at radius 3 is 1.60 bits per heavy atom. The van der Waals surface area contributed by atoms with Crippen molar-refractivity contribution in [3.8, 4) is 56.4 Å². The Morgan fingerprint density at radius 1 is 0.320 bits per heavy atom. The Bertz CT molecular complexity index is 2800. The SMILES string of the molecule is c1ccc(-c2nc(-c3ccccc3)nc(-c3ccc4c(oc5c(-c6ccc7c(c6)oc6ccccc67)cccc54)c3-c3ccccc3)n2)cc1. The summed E-state index contributed by atoms with van der Waals surface area (Å²) in [5, 5.41) is 4.27. The zero-order valence-corrected chi connectivity index (χ0v) is 26.7. The maximum absolute atomic E-state index is 6.98.